The molecule has 278 valence electrons. The van der Waals surface area contributed by atoms with Gasteiger partial charge in [0, 0.05) is 43.8 Å². The fourth-order valence-corrected chi connectivity index (χ4v) is 8.28. The molecule has 0 saturated carbocycles. The van der Waals surface area contributed by atoms with E-state index in [9.17, 15) is 0 Å². The Balaban J connectivity index is 1.22. The molecule has 3 heterocycles. The summed E-state index contributed by atoms with van der Waals surface area (Å²) in [7, 11) is 0. The van der Waals surface area contributed by atoms with Crippen LogP contribution in [-0.2, 0) is 0 Å². The summed E-state index contributed by atoms with van der Waals surface area (Å²) in [5.74, 6) is 1.65. The predicted octanol–water partition coefficient (Wildman–Crippen LogP) is 14.3. The molecule has 0 N–H and O–H groups in total. The lowest BCUT2D eigenvalue weighted by molar-refractivity contribution is 0.670. The maximum absolute atomic E-state index is 7.72. The smallest absolute Gasteiger partial charge is 0.177 e. The van der Waals surface area contributed by atoms with Crippen molar-refractivity contribution < 1.29 is 4.42 Å². The van der Waals surface area contributed by atoms with Crippen molar-refractivity contribution in [3.05, 3.63) is 205 Å². The maximum atomic E-state index is 7.72. The van der Waals surface area contributed by atoms with Crippen LogP contribution < -0.4 is 0 Å². The van der Waals surface area contributed by atoms with E-state index in [1.54, 1.807) is 6.07 Å². The van der Waals surface area contributed by atoms with Crippen molar-refractivity contribution in [2.45, 2.75) is 0 Å². The summed E-state index contributed by atoms with van der Waals surface area (Å²) < 4.78 is 8.84. The Bertz CT molecular complexity index is 3480. The zero-order chi connectivity index (χ0) is 40.2. The topological polar surface area (TPSA) is 65.5 Å². The second-order valence-corrected chi connectivity index (χ2v) is 14.6. The van der Waals surface area contributed by atoms with Crippen molar-refractivity contribution in [2.24, 2.45) is 0 Å². The van der Waals surface area contributed by atoms with E-state index in [1.165, 1.54) is 0 Å². The molecule has 7 nitrogen and oxygen atoms in total. The minimum Gasteiger partial charge on any atom is -0.455 e. The first-order chi connectivity index (χ1) is 29.6. The molecule has 0 fully saturated rings. The number of benzene rings is 8. The van der Waals surface area contributed by atoms with Crippen LogP contribution in [0.15, 0.2) is 186 Å². The van der Waals surface area contributed by atoms with Crippen LogP contribution in [0.4, 0.5) is 11.4 Å². The van der Waals surface area contributed by atoms with E-state index in [1.807, 2.05) is 91.0 Å². The lowest BCUT2D eigenvalue weighted by atomic mass is 9.98. The van der Waals surface area contributed by atoms with Gasteiger partial charge in [0.1, 0.15) is 11.2 Å². The number of aromatic nitrogens is 4. The number of para-hydroxylation sites is 3. The number of fused-ring (bicyclic) bond motifs is 6. The molecule has 0 saturated heterocycles. The van der Waals surface area contributed by atoms with Crippen LogP contribution in [-0.4, -0.2) is 19.5 Å². The summed E-state index contributed by atoms with van der Waals surface area (Å²) in [6.07, 6.45) is 0. The molecule has 8 aromatic carbocycles. The van der Waals surface area contributed by atoms with Gasteiger partial charge in [-0.25, -0.2) is 24.6 Å². The molecule has 0 bridgehead atoms. The van der Waals surface area contributed by atoms with Gasteiger partial charge in [0.2, 0.25) is 0 Å². The predicted molar refractivity (Wildman–Crippen MR) is 241 cm³/mol. The van der Waals surface area contributed by atoms with Crippen molar-refractivity contribution in [3.8, 4) is 62.1 Å². The van der Waals surface area contributed by atoms with Gasteiger partial charge in [0.05, 0.1) is 29.9 Å². The Kier molecular flexibility index (Phi) is 8.11. The highest BCUT2D eigenvalue weighted by molar-refractivity contribution is 6.12. The molecule has 0 amide bonds. The Labute approximate surface area is 344 Å². The SMILES string of the molecule is [C-]#[N+]c1cc([N+]#[C-])cc(-c2ccc3c4ccccc4n(-c4ccc(-c5cccc6c5oc5ccccc56)cc4-c4nc(-c5ccccc5)nc(-c5ccccc5)n4)c3c2)c1. The van der Waals surface area contributed by atoms with Crippen LogP contribution in [0, 0.1) is 13.1 Å². The Hall–Kier alpha value is -8.65. The zero-order valence-corrected chi connectivity index (χ0v) is 31.9. The molecule has 11 aromatic rings. The monoisotopic (exact) mass is 766 g/mol. The molecule has 11 rings (SSSR count). The molecule has 0 spiro atoms. The fourth-order valence-electron chi connectivity index (χ4n) is 8.28. The van der Waals surface area contributed by atoms with E-state index in [-0.39, 0.29) is 0 Å². The van der Waals surface area contributed by atoms with Gasteiger partial charge in [-0.3, -0.25) is 0 Å². The van der Waals surface area contributed by atoms with Gasteiger partial charge in [0.25, 0.3) is 0 Å². The van der Waals surface area contributed by atoms with Gasteiger partial charge in [-0.15, -0.1) is 0 Å². The lowest BCUT2D eigenvalue weighted by Gasteiger charge is -2.17. The highest BCUT2D eigenvalue weighted by Crippen LogP contribution is 2.42. The molecular weight excluding hydrogens is 737 g/mol. The first-order valence-corrected chi connectivity index (χ1v) is 19.5. The zero-order valence-electron chi connectivity index (χ0n) is 31.9. The largest absolute Gasteiger partial charge is 0.455 e. The summed E-state index contributed by atoms with van der Waals surface area (Å²) in [5, 5.41) is 4.26. The molecule has 0 unspecified atom stereocenters. The molecule has 60 heavy (non-hydrogen) atoms. The van der Waals surface area contributed by atoms with Gasteiger partial charge in [-0.05, 0) is 47.0 Å². The van der Waals surface area contributed by atoms with Gasteiger partial charge in [0.15, 0.2) is 28.8 Å². The third kappa shape index (κ3) is 5.77. The average molecular weight is 767 g/mol. The Morgan fingerprint density at radius 2 is 1.00 bits per heavy atom. The number of furan rings is 1. The Morgan fingerprint density at radius 1 is 0.400 bits per heavy atom. The molecule has 0 atom stereocenters. The van der Waals surface area contributed by atoms with E-state index in [0.717, 1.165) is 88.4 Å². The molecule has 7 heteroatoms. The molecule has 0 radical (unpaired) electrons. The standard InChI is InChI=1S/C53H30N6O/c1-54-38-28-37(29-39(32-38)55-2)35-24-26-42-41-18-9-11-22-46(41)59(48(42)31-35)47-27-25-36(40-20-13-21-44-43-19-10-12-23-49(43)60-50(40)44)30-45(47)53-57-51(33-14-5-3-6-15-33)56-52(58-53)34-16-7-4-8-17-34/h3-32H. The normalized spacial score (nSPS) is 11.3. The summed E-state index contributed by atoms with van der Waals surface area (Å²) >= 11 is 0. The molecule has 3 aromatic heterocycles. The van der Waals surface area contributed by atoms with Crippen molar-refractivity contribution in [3.63, 3.8) is 0 Å². The van der Waals surface area contributed by atoms with Crippen LogP contribution in [0.1, 0.15) is 0 Å². The van der Waals surface area contributed by atoms with E-state index in [2.05, 4.69) is 99.2 Å². The highest BCUT2D eigenvalue weighted by atomic mass is 16.3. The number of hydrogen-bond acceptors (Lipinski definition) is 4. The summed E-state index contributed by atoms with van der Waals surface area (Å²) in [6, 6.07) is 60.9. The molecule has 0 aliphatic carbocycles. The molecule has 0 aliphatic rings. The van der Waals surface area contributed by atoms with Crippen LogP contribution in [0.2, 0.25) is 0 Å². The van der Waals surface area contributed by atoms with Crippen molar-refractivity contribution in [2.75, 3.05) is 0 Å². The number of rotatable bonds is 6. The van der Waals surface area contributed by atoms with E-state index in [4.69, 9.17) is 32.5 Å². The van der Waals surface area contributed by atoms with Crippen molar-refractivity contribution >= 4 is 55.1 Å². The van der Waals surface area contributed by atoms with E-state index >= 15 is 0 Å². The lowest BCUT2D eigenvalue weighted by Crippen LogP contribution is -2.04. The minimum absolute atomic E-state index is 0.426. The average Bonchev–Trinajstić information content (AvgIpc) is 3.87. The Morgan fingerprint density at radius 3 is 1.72 bits per heavy atom. The fraction of sp³-hybridized carbons (Fsp3) is 0. The third-order valence-corrected chi connectivity index (χ3v) is 11.1. The summed E-state index contributed by atoms with van der Waals surface area (Å²) in [6.45, 7) is 15.4. The molecule has 0 aliphatic heterocycles. The van der Waals surface area contributed by atoms with Gasteiger partial charge < -0.3 is 8.98 Å². The minimum atomic E-state index is 0.426. The van der Waals surface area contributed by atoms with Gasteiger partial charge >= 0.3 is 0 Å². The number of nitrogens with zero attached hydrogens (tertiary/aromatic N) is 6. The van der Waals surface area contributed by atoms with Gasteiger partial charge in [-0.2, -0.15) is 0 Å². The van der Waals surface area contributed by atoms with Gasteiger partial charge in [-0.1, -0.05) is 152 Å². The van der Waals surface area contributed by atoms with E-state index in [0.29, 0.717) is 28.8 Å². The van der Waals surface area contributed by atoms with Crippen molar-refractivity contribution in [1.82, 2.24) is 19.5 Å². The van der Waals surface area contributed by atoms with E-state index < -0.39 is 0 Å². The summed E-state index contributed by atoms with van der Waals surface area (Å²) in [4.78, 5) is 22.9. The quantitative estimate of drug-likeness (QED) is 0.158. The summed E-state index contributed by atoms with van der Waals surface area (Å²) in [5.41, 5.74) is 11.5. The van der Waals surface area contributed by atoms with Crippen LogP contribution in [0.5, 0.6) is 0 Å². The van der Waals surface area contributed by atoms with Crippen molar-refractivity contribution in [1.29, 1.82) is 0 Å². The molecular formula is C53H30N6O. The van der Waals surface area contributed by atoms with Crippen LogP contribution >= 0.6 is 0 Å². The first kappa shape index (κ1) is 34.6. The third-order valence-electron chi connectivity index (χ3n) is 11.1. The maximum Gasteiger partial charge on any atom is 0.177 e. The number of hydrogen-bond donors (Lipinski definition) is 0. The first-order valence-electron chi connectivity index (χ1n) is 19.5. The second kappa shape index (κ2) is 14.1. The highest BCUT2D eigenvalue weighted by Gasteiger charge is 2.22. The van der Waals surface area contributed by atoms with Crippen LogP contribution in [0.25, 0.3) is 116 Å². The second-order valence-electron chi connectivity index (χ2n) is 14.6. The van der Waals surface area contributed by atoms with Crippen LogP contribution in [0.3, 0.4) is 0 Å².